The molecule has 0 radical (unpaired) electrons. The van der Waals surface area contributed by atoms with Gasteiger partial charge in [0.1, 0.15) is 6.07 Å². The molecule has 0 N–H and O–H groups in total. The number of carbonyl (C=O) groups is 1. The summed E-state index contributed by atoms with van der Waals surface area (Å²) in [6, 6.07) is 10.8. The Bertz CT molecular complexity index is 502. The van der Waals surface area contributed by atoms with Crippen molar-refractivity contribution < 1.29 is 14.0 Å². The largest absolute Gasteiger partial charge is 0.460 e. The van der Waals surface area contributed by atoms with Crippen molar-refractivity contribution in [2.75, 3.05) is 0 Å². The number of esters is 1. The van der Waals surface area contributed by atoms with Crippen LogP contribution in [0.2, 0.25) is 19.6 Å². The zero-order chi connectivity index (χ0) is 15.4. The van der Waals surface area contributed by atoms with Gasteiger partial charge >= 0.3 is 5.97 Å². The lowest BCUT2D eigenvalue weighted by Crippen LogP contribution is -2.47. The second-order valence-corrected chi connectivity index (χ2v) is 10.3. The smallest absolute Gasteiger partial charge is 0.357 e. The van der Waals surface area contributed by atoms with E-state index >= 15 is 0 Å². The first kappa shape index (κ1) is 16.4. The van der Waals surface area contributed by atoms with Crippen molar-refractivity contribution in [3.8, 4) is 6.07 Å². The number of nitriles is 1. The minimum absolute atomic E-state index is 0.302. The summed E-state index contributed by atoms with van der Waals surface area (Å²) in [5.41, 5.74) is -1.17. The highest BCUT2D eigenvalue weighted by Crippen LogP contribution is 2.31. The van der Waals surface area contributed by atoms with Crippen molar-refractivity contribution in [1.82, 2.24) is 0 Å². The summed E-state index contributed by atoms with van der Waals surface area (Å²) >= 11 is 0. The second-order valence-electron chi connectivity index (χ2n) is 5.83. The molecule has 0 aliphatic heterocycles. The van der Waals surface area contributed by atoms with Crippen LogP contribution in [0.1, 0.15) is 19.4 Å². The molecule has 1 unspecified atom stereocenters. The molecule has 1 aromatic rings. The fourth-order valence-electron chi connectivity index (χ4n) is 1.78. The molecular weight excluding hydrogens is 270 g/mol. The van der Waals surface area contributed by atoms with Crippen molar-refractivity contribution in [2.45, 2.75) is 45.2 Å². The van der Waals surface area contributed by atoms with Crippen LogP contribution in [0.15, 0.2) is 30.3 Å². The molecule has 20 heavy (non-hydrogen) atoms. The van der Waals surface area contributed by atoms with E-state index in [9.17, 15) is 10.1 Å². The van der Waals surface area contributed by atoms with Gasteiger partial charge in [0.15, 0.2) is 8.32 Å². The van der Waals surface area contributed by atoms with Crippen molar-refractivity contribution >= 4 is 14.3 Å². The molecule has 0 aliphatic rings. The molecule has 1 atom stereocenters. The number of rotatable bonds is 5. The van der Waals surface area contributed by atoms with E-state index in [-0.39, 0.29) is 6.10 Å². The van der Waals surface area contributed by atoms with Gasteiger partial charge in [-0.15, -0.1) is 0 Å². The normalized spacial score (nSPS) is 14.4. The average Bonchev–Trinajstić information content (AvgIpc) is 2.35. The topological polar surface area (TPSA) is 59.3 Å². The lowest BCUT2D eigenvalue weighted by Gasteiger charge is -2.32. The van der Waals surface area contributed by atoms with Gasteiger partial charge in [-0.05, 0) is 33.5 Å². The summed E-state index contributed by atoms with van der Waals surface area (Å²) in [4.78, 5) is 12.4. The monoisotopic (exact) mass is 291 g/mol. The van der Waals surface area contributed by atoms with Crippen LogP contribution in [0.3, 0.4) is 0 Å². The number of hydrogen-bond donors (Lipinski definition) is 0. The van der Waals surface area contributed by atoms with E-state index in [1.807, 2.05) is 31.8 Å². The lowest BCUT2D eigenvalue weighted by molar-refractivity contribution is -0.162. The highest BCUT2D eigenvalue weighted by Gasteiger charge is 2.47. The zero-order valence-corrected chi connectivity index (χ0v) is 13.6. The summed E-state index contributed by atoms with van der Waals surface area (Å²) in [5.74, 6) is -0.649. The molecule has 0 amide bonds. The minimum Gasteiger partial charge on any atom is -0.460 e. The standard InChI is InChI=1S/C15H21NO3Si/c1-12(2)18-14(17)15(11-16,19-20(3,4)5)13-9-7-6-8-10-13/h6-10,12H,1-5H3. The van der Waals surface area contributed by atoms with Gasteiger partial charge in [-0.25, -0.2) is 4.79 Å². The van der Waals surface area contributed by atoms with Crippen molar-refractivity contribution in [3.63, 3.8) is 0 Å². The molecule has 1 aromatic carbocycles. The molecule has 0 aliphatic carbocycles. The predicted molar refractivity (Wildman–Crippen MR) is 79.4 cm³/mol. The van der Waals surface area contributed by atoms with Gasteiger partial charge in [0.2, 0.25) is 0 Å². The first-order chi connectivity index (χ1) is 9.21. The molecule has 4 nitrogen and oxygen atoms in total. The van der Waals surface area contributed by atoms with Crippen LogP contribution in [0, 0.1) is 11.3 Å². The first-order valence-electron chi connectivity index (χ1n) is 6.59. The summed E-state index contributed by atoms with van der Waals surface area (Å²) in [6.45, 7) is 9.30. The molecule has 0 spiro atoms. The molecule has 0 fully saturated rings. The third-order valence-electron chi connectivity index (χ3n) is 2.43. The second kappa shape index (κ2) is 6.20. The van der Waals surface area contributed by atoms with Crippen LogP contribution in [0.4, 0.5) is 0 Å². The first-order valence-corrected chi connectivity index (χ1v) is 10.00. The molecule has 0 bridgehead atoms. The molecule has 0 aromatic heterocycles. The van der Waals surface area contributed by atoms with Crippen molar-refractivity contribution in [1.29, 1.82) is 5.26 Å². The van der Waals surface area contributed by atoms with Gasteiger partial charge in [-0.2, -0.15) is 5.26 Å². The van der Waals surface area contributed by atoms with Gasteiger partial charge in [-0.1, -0.05) is 30.3 Å². The Morgan fingerprint density at radius 3 is 2.20 bits per heavy atom. The van der Waals surface area contributed by atoms with Gasteiger partial charge in [-0.3, -0.25) is 0 Å². The van der Waals surface area contributed by atoms with E-state index in [1.54, 1.807) is 38.1 Å². The molecule has 108 valence electrons. The SMILES string of the molecule is CC(C)OC(=O)C(C#N)(O[Si](C)(C)C)c1ccccc1. The molecule has 1 rings (SSSR count). The maximum Gasteiger partial charge on any atom is 0.357 e. The number of ether oxygens (including phenoxy) is 1. The Labute approximate surface area is 121 Å². The fourth-order valence-corrected chi connectivity index (χ4v) is 2.95. The average molecular weight is 291 g/mol. The number of carbonyl (C=O) groups excluding carboxylic acids is 1. The Morgan fingerprint density at radius 1 is 1.25 bits per heavy atom. The highest BCUT2D eigenvalue weighted by molar-refractivity contribution is 6.70. The van der Waals surface area contributed by atoms with Crippen LogP contribution in [-0.2, 0) is 19.6 Å². The van der Waals surface area contributed by atoms with Crippen LogP contribution in [0.5, 0.6) is 0 Å². The number of hydrogen-bond acceptors (Lipinski definition) is 4. The third kappa shape index (κ3) is 3.92. The lowest BCUT2D eigenvalue weighted by atomic mass is 9.95. The van der Waals surface area contributed by atoms with E-state index in [1.165, 1.54) is 0 Å². The van der Waals surface area contributed by atoms with Crippen LogP contribution in [-0.4, -0.2) is 20.4 Å². The Balaban J connectivity index is 3.31. The summed E-state index contributed by atoms with van der Waals surface area (Å²) in [6.07, 6.45) is -0.302. The third-order valence-corrected chi connectivity index (χ3v) is 3.35. The summed E-state index contributed by atoms with van der Waals surface area (Å²) in [7, 11) is -2.13. The van der Waals surface area contributed by atoms with E-state index in [4.69, 9.17) is 9.16 Å². The fraction of sp³-hybridized carbons (Fsp3) is 0.467. The van der Waals surface area contributed by atoms with Crippen molar-refractivity contribution in [2.24, 2.45) is 0 Å². The maximum atomic E-state index is 12.4. The van der Waals surface area contributed by atoms with E-state index in [2.05, 4.69) is 0 Å². The van der Waals surface area contributed by atoms with E-state index < -0.39 is 19.9 Å². The Kier molecular flexibility index (Phi) is 5.09. The number of nitrogens with zero attached hydrogens (tertiary/aromatic N) is 1. The van der Waals surface area contributed by atoms with Gasteiger partial charge in [0.25, 0.3) is 5.60 Å². The predicted octanol–water partition coefficient (Wildman–Crippen LogP) is 3.21. The minimum atomic E-state index is -2.13. The molecule has 0 saturated heterocycles. The molecule has 0 heterocycles. The Hall–Kier alpha value is -1.64. The highest BCUT2D eigenvalue weighted by atomic mass is 28.4. The van der Waals surface area contributed by atoms with Gasteiger partial charge in [0, 0.05) is 5.56 Å². The molecular formula is C15H21NO3Si. The zero-order valence-electron chi connectivity index (χ0n) is 12.6. The van der Waals surface area contributed by atoms with Gasteiger partial charge < -0.3 is 9.16 Å². The summed E-state index contributed by atoms with van der Waals surface area (Å²) in [5, 5.41) is 9.62. The van der Waals surface area contributed by atoms with Crippen LogP contribution < -0.4 is 0 Å². The quantitative estimate of drug-likeness (QED) is 0.617. The molecule has 5 heteroatoms. The van der Waals surface area contributed by atoms with Crippen molar-refractivity contribution in [3.05, 3.63) is 35.9 Å². The maximum absolute atomic E-state index is 12.4. The van der Waals surface area contributed by atoms with Gasteiger partial charge in [0.05, 0.1) is 6.10 Å². The van der Waals surface area contributed by atoms with E-state index in [0.29, 0.717) is 5.56 Å². The number of benzene rings is 1. The Morgan fingerprint density at radius 2 is 1.80 bits per heavy atom. The molecule has 0 saturated carbocycles. The van der Waals surface area contributed by atoms with E-state index in [0.717, 1.165) is 0 Å². The summed E-state index contributed by atoms with van der Waals surface area (Å²) < 4.78 is 11.2. The van der Waals surface area contributed by atoms with Crippen LogP contribution >= 0.6 is 0 Å². The van der Waals surface area contributed by atoms with Crippen LogP contribution in [0.25, 0.3) is 0 Å².